The predicted molar refractivity (Wildman–Crippen MR) is 57.7 cm³/mol. The summed E-state index contributed by atoms with van der Waals surface area (Å²) < 4.78 is 10.6. The van der Waals surface area contributed by atoms with Gasteiger partial charge in [0, 0.05) is 18.2 Å². The van der Waals surface area contributed by atoms with Crippen molar-refractivity contribution >= 4 is 5.69 Å². The number of nitrogen functional groups attached to an aromatic ring is 1. The molecule has 0 aliphatic rings. The van der Waals surface area contributed by atoms with Crippen LogP contribution < -0.4 is 15.2 Å². The number of nitrogens with zero attached hydrogens (tertiary/aromatic N) is 1. The van der Waals surface area contributed by atoms with Crippen LogP contribution in [0.25, 0.3) is 0 Å². The fourth-order valence-electron chi connectivity index (χ4n) is 1.14. The van der Waals surface area contributed by atoms with Crippen molar-refractivity contribution in [1.82, 2.24) is 0 Å². The third-order valence-corrected chi connectivity index (χ3v) is 1.88. The molecule has 1 aromatic carbocycles. The second-order valence-electron chi connectivity index (χ2n) is 3.02. The summed E-state index contributed by atoms with van der Waals surface area (Å²) in [4.78, 5) is 0. The summed E-state index contributed by atoms with van der Waals surface area (Å²) in [6.07, 6.45) is 1.19. The summed E-state index contributed by atoms with van der Waals surface area (Å²) in [7, 11) is 1.58. The fraction of sp³-hybridized carbons (Fsp3) is 0.364. The highest BCUT2D eigenvalue weighted by Gasteiger charge is 2.03. The number of nitriles is 1. The van der Waals surface area contributed by atoms with Crippen LogP contribution in [0.4, 0.5) is 5.69 Å². The average molecular weight is 206 g/mol. The van der Waals surface area contributed by atoms with Crippen molar-refractivity contribution in [2.75, 3.05) is 19.5 Å². The number of methoxy groups -OCH3 is 1. The van der Waals surface area contributed by atoms with Crippen molar-refractivity contribution in [3.05, 3.63) is 18.2 Å². The minimum Gasteiger partial charge on any atom is -0.493 e. The summed E-state index contributed by atoms with van der Waals surface area (Å²) in [5.74, 6) is 1.27. The van der Waals surface area contributed by atoms with Gasteiger partial charge in [0.05, 0.1) is 19.8 Å². The van der Waals surface area contributed by atoms with Crippen molar-refractivity contribution in [1.29, 1.82) is 5.26 Å². The summed E-state index contributed by atoms with van der Waals surface area (Å²) in [5.41, 5.74) is 6.26. The quantitative estimate of drug-likeness (QED) is 0.590. The highest BCUT2D eigenvalue weighted by Crippen LogP contribution is 2.28. The van der Waals surface area contributed by atoms with E-state index in [1.54, 1.807) is 25.3 Å². The van der Waals surface area contributed by atoms with Crippen LogP contribution in [0.1, 0.15) is 12.8 Å². The van der Waals surface area contributed by atoms with E-state index in [1.807, 2.05) is 0 Å². The zero-order valence-corrected chi connectivity index (χ0v) is 8.69. The molecule has 0 saturated carbocycles. The van der Waals surface area contributed by atoms with E-state index in [1.165, 1.54) is 0 Å². The monoisotopic (exact) mass is 206 g/mol. The minimum absolute atomic E-state index is 0.491. The van der Waals surface area contributed by atoms with E-state index in [0.29, 0.717) is 36.6 Å². The summed E-state index contributed by atoms with van der Waals surface area (Å²) in [6, 6.07) is 7.28. The number of anilines is 1. The third kappa shape index (κ3) is 3.39. The number of rotatable bonds is 5. The lowest BCUT2D eigenvalue weighted by Gasteiger charge is -2.10. The van der Waals surface area contributed by atoms with Gasteiger partial charge in [-0.25, -0.2) is 0 Å². The van der Waals surface area contributed by atoms with E-state index < -0.39 is 0 Å². The topological polar surface area (TPSA) is 68.3 Å². The molecule has 4 heteroatoms. The van der Waals surface area contributed by atoms with Crippen LogP contribution in [0.2, 0.25) is 0 Å². The molecular formula is C11H14N2O2. The van der Waals surface area contributed by atoms with E-state index >= 15 is 0 Å². The molecule has 1 rings (SSSR count). The molecule has 0 spiro atoms. The van der Waals surface area contributed by atoms with Gasteiger partial charge in [-0.05, 0) is 18.6 Å². The first-order valence-corrected chi connectivity index (χ1v) is 4.71. The van der Waals surface area contributed by atoms with Gasteiger partial charge in [0.2, 0.25) is 0 Å². The van der Waals surface area contributed by atoms with Gasteiger partial charge in [-0.15, -0.1) is 0 Å². The highest BCUT2D eigenvalue weighted by molar-refractivity contribution is 5.51. The number of nitrogens with two attached hydrogens (primary N) is 1. The third-order valence-electron chi connectivity index (χ3n) is 1.88. The van der Waals surface area contributed by atoms with Crippen LogP contribution in [-0.4, -0.2) is 13.7 Å². The number of benzene rings is 1. The van der Waals surface area contributed by atoms with E-state index in [2.05, 4.69) is 6.07 Å². The molecule has 0 aliphatic heterocycles. The van der Waals surface area contributed by atoms with Crippen molar-refractivity contribution in [3.63, 3.8) is 0 Å². The Morgan fingerprint density at radius 1 is 1.40 bits per heavy atom. The molecule has 0 radical (unpaired) electrons. The maximum atomic E-state index is 8.36. The van der Waals surface area contributed by atoms with Crippen molar-refractivity contribution < 1.29 is 9.47 Å². The summed E-state index contributed by atoms with van der Waals surface area (Å²) in [6.45, 7) is 0.493. The Kier molecular flexibility index (Phi) is 4.30. The molecule has 0 fully saturated rings. The van der Waals surface area contributed by atoms with Crippen molar-refractivity contribution in [2.24, 2.45) is 0 Å². The van der Waals surface area contributed by atoms with Crippen LogP contribution >= 0.6 is 0 Å². The normalized spacial score (nSPS) is 9.33. The van der Waals surface area contributed by atoms with Crippen molar-refractivity contribution in [3.8, 4) is 17.6 Å². The van der Waals surface area contributed by atoms with Crippen LogP contribution in [0.3, 0.4) is 0 Å². The van der Waals surface area contributed by atoms with E-state index in [0.717, 1.165) is 0 Å². The standard InChI is InChI=1S/C11H14N2O2/c1-14-10-5-4-9(13)8-11(10)15-7-3-2-6-12/h4-5,8H,2-3,7,13H2,1H3. The van der Waals surface area contributed by atoms with Gasteiger partial charge in [0.1, 0.15) is 0 Å². The summed E-state index contributed by atoms with van der Waals surface area (Å²) in [5, 5.41) is 8.36. The molecule has 0 heterocycles. The second kappa shape index (κ2) is 5.76. The Morgan fingerprint density at radius 2 is 2.20 bits per heavy atom. The van der Waals surface area contributed by atoms with Gasteiger partial charge < -0.3 is 15.2 Å². The molecular weight excluding hydrogens is 192 g/mol. The minimum atomic E-state index is 0.491. The SMILES string of the molecule is COc1ccc(N)cc1OCCCC#N. The maximum absolute atomic E-state index is 8.36. The Bertz CT molecular complexity index is 358. The van der Waals surface area contributed by atoms with Gasteiger partial charge in [-0.1, -0.05) is 0 Å². The first-order chi connectivity index (χ1) is 7.27. The first kappa shape index (κ1) is 11.2. The number of unbranched alkanes of at least 4 members (excludes halogenated alkanes) is 1. The molecule has 0 aromatic heterocycles. The maximum Gasteiger partial charge on any atom is 0.163 e. The van der Waals surface area contributed by atoms with Crippen LogP contribution in [0.15, 0.2) is 18.2 Å². The van der Waals surface area contributed by atoms with Crippen LogP contribution in [0, 0.1) is 11.3 Å². The van der Waals surface area contributed by atoms with Gasteiger partial charge in [-0.3, -0.25) is 0 Å². The summed E-state index contributed by atoms with van der Waals surface area (Å²) >= 11 is 0. The molecule has 0 bridgehead atoms. The van der Waals surface area contributed by atoms with Gasteiger partial charge in [-0.2, -0.15) is 5.26 Å². The average Bonchev–Trinajstić information content (AvgIpc) is 2.25. The molecule has 0 saturated heterocycles. The Labute approximate surface area is 89.2 Å². The van der Waals surface area contributed by atoms with E-state index in [9.17, 15) is 0 Å². The van der Waals surface area contributed by atoms with E-state index in [4.69, 9.17) is 20.5 Å². The smallest absolute Gasteiger partial charge is 0.163 e. The number of hydrogen-bond donors (Lipinski definition) is 1. The molecule has 80 valence electrons. The molecule has 1 aromatic rings. The van der Waals surface area contributed by atoms with Gasteiger partial charge in [0.15, 0.2) is 11.5 Å². The molecule has 0 atom stereocenters. The molecule has 0 amide bonds. The second-order valence-corrected chi connectivity index (χ2v) is 3.02. The van der Waals surface area contributed by atoms with Gasteiger partial charge >= 0.3 is 0 Å². The molecule has 4 nitrogen and oxygen atoms in total. The lowest BCUT2D eigenvalue weighted by atomic mass is 10.3. The lowest BCUT2D eigenvalue weighted by molar-refractivity contribution is 0.291. The number of hydrogen-bond acceptors (Lipinski definition) is 4. The Morgan fingerprint density at radius 3 is 2.87 bits per heavy atom. The predicted octanol–water partition coefficient (Wildman–Crippen LogP) is 1.96. The fourth-order valence-corrected chi connectivity index (χ4v) is 1.14. The van der Waals surface area contributed by atoms with Crippen molar-refractivity contribution in [2.45, 2.75) is 12.8 Å². The molecule has 2 N–H and O–H groups in total. The zero-order valence-electron chi connectivity index (χ0n) is 8.69. The highest BCUT2D eigenvalue weighted by atomic mass is 16.5. The zero-order chi connectivity index (χ0) is 11.1. The van der Waals surface area contributed by atoms with E-state index in [-0.39, 0.29) is 0 Å². The lowest BCUT2D eigenvalue weighted by Crippen LogP contribution is -1.99. The Hall–Kier alpha value is -1.89. The van der Waals surface area contributed by atoms with Gasteiger partial charge in [0.25, 0.3) is 0 Å². The Balaban J connectivity index is 2.58. The van der Waals surface area contributed by atoms with Crippen LogP contribution in [0.5, 0.6) is 11.5 Å². The molecule has 15 heavy (non-hydrogen) atoms. The van der Waals surface area contributed by atoms with Crippen LogP contribution in [-0.2, 0) is 0 Å². The molecule has 0 aliphatic carbocycles. The molecule has 0 unspecified atom stereocenters. The number of ether oxygens (including phenoxy) is 2. The first-order valence-electron chi connectivity index (χ1n) is 4.71. The largest absolute Gasteiger partial charge is 0.493 e.